The van der Waals surface area contributed by atoms with Crippen molar-refractivity contribution in [2.75, 3.05) is 11.9 Å². The van der Waals surface area contributed by atoms with Crippen LogP contribution >= 0.6 is 11.6 Å². The average molecular weight is 462 g/mol. The van der Waals surface area contributed by atoms with E-state index in [1.165, 1.54) is 0 Å². The zero-order valence-electron chi connectivity index (χ0n) is 18.3. The first-order valence-corrected chi connectivity index (χ1v) is 10.8. The first kappa shape index (κ1) is 22.5. The van der Waals surface area contributed by atoms with Crippen molar-refractivity contribution in [1.29, 1.82) is 0 Å². The van der Waals surface area contributed by atoms with Crippen LogP contribution in [0.25, 0.3) is 11.3 Å². The molecule has 2 heterocycles. The average Bonchev–Trinajstić information content (AvgIpc) is 3.32. The highest BCUT2D eigenvalue weighted by atomic mass is 35.5. The Morgan fingerprint density at radius 3 is 2.64 bits per heavy atom. The van der Waals surface area contributed by atoms with E-state index in [-0.39, 0.29) is 12.5 Å². The summed E-state index contributed by atoms with van der Waals surface area (Å²) in [6.45, 7) is 3.66. The molecule has 7 nitrogen and oxygen atoms in total. The molecule has 2 aromatic heterocycles. The Morgan fingerprint density at radius 1 is 1.12 bits per heavy atom. The number of aliphatic hydroxyl groups excluding tert-OH is 1. The lowest BCUT2D eigenvalue weighted by Crippen LogP contribution is -2.30. The summed E-state index contributed by atoms with van der Waals surface area (Å²) in [5, 5.41) is 16.4. The number of aromatic nitrogens is 3. The van der Waals surface area contributed by atoms with Gasteiger partial charge in [-0.3, -0.25) is 4.79 Å². The first-order chi connectivity index (χ1) is 16.0. The van der Waals surface area contributed by atoms with Crippen LogP contribution in [0, 0.1) is 13.8 Å². The molecule has 4 aromatic rings. The van der Waals surface area contributed by atoms with Crippen LogP contribution in [0.1, 0.15) is 33.2 Å². The number of aromatic amines is 1. The van der Waals surface area contributed by atoms with Gasteiger partial charge in [0.05, 0.1) is 29.1 Å². The molecular weight excluding hydrogens is 438 g/mol. The molecule has 0 saturated carbocycles. The lowest BCUT2D eigenvalue weighted by molar-refractivity contribution is 0.0912. The fourth-order valence-electron chi connectivity index (χ4n) is 3.51. The summed E-state index contributed by atoms with van der Waals surface area (Å²) < 4.78 is 0. The van der Waals surface area contributed by atoms with E-state index in [1.807, 2.05) is 56.3 Å². The summed E-state index contributed by atoms with van der Waals surface area (Å²) in [6, 6.07) is 16.2. The molecule has 0 aliphatic carbocycles. The predicted octanol–water partition coefficient (Wildman–Crippen LogP) is 4.95. The van der Waals surface area contributed by atoms with Gasteiger partial charge >= 0.3 is 0 Å². The molecule has 4 rings (SSSR count). The van der Waals surface area contributed by atoms with Crippen LogP contribution < -0.4 is 10.6 Å². The summed E-state index contributed by atoms with van der Waals surface area (Å²) in [6.07, 6.45) is 3.45. The molecule has 1 atom stereocenters. The van der Waals surface area contributed by atoms with Gasteiger partial charge in [0.25, 0.3) is 5.91 Å². The molecule has 8 heteroatoms. The Morgan fingerprint density at radius 2 is 1.91 bits per heavy atom. The lowest BCUT2D eigenvalue weighted by atomic mass is 10.1. The van der Waals surface area contributed by atoms with Crippen molar-refractivity contribution < 1.29 is 9.90 Å². The van der Waals surface area contributed by atoms with Crippen LogP contribution in [0.15, 0.2) is 67.0 Å². The number of carbonyl (C=O) groups excluding carboxylic acids is 1. The molecule has 0 aliphatic heterocycles. The third-order valence-corrected chi connectivity index (χ3v) is 5.64. The Labute approximate surface area is 196 Å². The van der Waals surface area contributed by atoms with Gasteiger partial charge in [0.15, 0.2) is 0 Å². The first-order valence-electron chi connectivity index (χ1n) is 10.5. The van der Waals surface area contributed by atoms with Crippen molar-refractivity contribution in [3.05, 3.63) is 94.4 Å². The Hall–Kier alpha value is -3.68. The molecule has 0 fully saturated rings. The van der Waals surface area contributed by atoms with Gasteiger partial charge in [-0.1, -0.05) is 54.1 Å². The summed E-state index contributed by atoms with van der Waals surface area (Å²) in [5.74, 6) is 0.0873. The highest BCUT2D eigenvalue weighted by Crippen LogP contribution is 2.29. The number of carbonyl (C=O) groups is 1. The molecule has 4 N–H and O–H groups in total. The highest BCUT2D eigenvalue weighted by molar-refractivity contribution is 6.33. The van der Waals surface area contributed by atoms with Gasteiger partial charge in [-0.15, -0.1) is 0 Å². The van der Waals surface area contributed by atoms with Gasteiger partial charge in [0.2, 0.25) is 5.95 Å². The molecule has 0 bridgehead atoms. The number of aryl methyl sites for hydroxylation is 2. The molecule has 2 aromatic carbocycles. The molecule has 0 spiro atoms. The second-order valence-electron chi connectivity index (χ2n) is 7.70. The number of rotatable bonds is 7. The van der Waals surface area contributed by atoms with Crippen LogP contribution in [0.3, 0.4) is 0 Å². The standard InChI is InChI=1S/C25H24ClN5O2/c1-15-7-6-10-19(26)23(15)31-25-28-12-16(2)22(30-25)18-11-20(27-13-18)24(33)29-21(14-32)17-8-4-3-5-9-17/h3-13,21,27,32H,14H2,1-2H3,(H,29,33)(H,28,30,31). The number of nitrogens with zero attached hydrogens (tertiary/aromatic N) is 2. The van der Waals surface area contributed by atoms with E-state index in [0.29, 0.717) is 22.4 Å². The molecule has 0 aliphatic rings. The van der Waals surface area contributed by atoms with E-state index in [1.54, 1.807) is 24.5 Å². The number of amides is 1. The Bertz CT molecular complexity index is 1250. The maximum atomic E-state index is 12.8. The Balaban J connectivity index is 1.55. The number of aliphatic hydroxyl groups is 1. The van der Waals surface area contributed by atoms with Gasteiger partial charge in [0.1, 0.15) is 5.69 Å². The van der Waals surface area contributed by atoms with Crippen molar-refractivity contribution in [2.45, 2.75) is 19.9 Å². The van der Waals surface area contributed by atoms with Crippen LogP contribution in [0.5, 0.6) is 0 Å². The van der Waals surface area contributed by atoms with E-state index < -0.39 is 6.04 Å². The SMILES string of the molecule is Cc1cnc(Nc2c(C)cccc2Cl)nc1-c1c[nH]c(C(=O)NC(CO)c2ccccc2)c1. The third kappa shape index (κ3) is 5.05. The van der Waals surface area contributed by atoms with E-state index in [0.717, 1.165) is 27.9 Å². The van der Waals surface area contributed by atoms with Crippen LogP contribution in [0.2, 0.25) is 5.02 Å². The minimum atomic E-state index is -0.499. The monoisotopic (exact) mass is 461 g/mol. The zero-order valence-corrected chi connectivity index (χ0v) is 19.0. The van der Waals surface area contributed by atoms with Crippen molar-refractivity contribution >= 4 is 29.1 Å². The van der Waals surface area contributed by atoms with E-state index in [2.05, 4.69) is 25.6 Å². The topological polar surface area (TPSA) is 103 Å². The number of H-pyrrole nitrogens is 1. The fraction of sp³-hybridized carbons (Fsp3) is 0.160. The third-order valence-electron chi connectivity index (χ3n) is 5.32. The largest absolute Gasteiger partial charge is 0.394 e. The smallest absolute Gasteiger partial charge is 0.268 e. The molecule has 0 radical (unpaired) electrons. The van der Waals surface area contributed by atoms with Gasteiger partial charge < -0.3 is 20.7 Å². The van der Waals surface area contributed by atoms with E-state index >= 15 is 0 Å². The normalized spacial score (nSPS) is 11.8. The lowest BCUT2D eigenvalue weighted by Gasteiger charge is -2.16. The summed E-state index contributed by atoms with van der Waals surface area (Å²) >= 11 is 6.32. The van der Waals surface area contributed by atoms with Gasteiger partial charge in [-0.25, -0.2) is 9.97 Å². The van der Waals surface area contributed by atoms with Gasteiger partial charge in [-0.05, 0) is 42.7 Å². The molecule has 1 unspecified atom stereocenters. The van der Waals surface area contributed by atoms with Crippen LogP contribution in [-0.4, -0.2) is 32.6 Å². The number of hydrogen-bond donors (Lipinski definition) is 4. The van der Waals surface area contributed by atoms with Crippen molar-refractivity contribution in [3.8, 4) is 11.3 Å². The van der Waals surface area contributed by atoms with Crippen molar-refractivity contribution in [1.82, 2.24) is 20.3 Å². The van der Waals surface area contributed by atoms with Crippen molar-refractivity contribution in [2.24, 2.45) is 0 Å². The van der Waals surface area contributed by atoms with Crippen molar-refractivity contribution in [3.63, 3.8) is 0 Å². The van der Waals surface area contributed by atoms with Gasteiger partial charge in [0, 0.05) is 18.0 Å². The number of benzene rings is 2. The quantitative estimate of drug-likeness (QED) is 0.312. The maximum Gasteiger partial charge on any atom is 0.268 e. The second-order valence-corrected chi connectivity index (χ2v) is 8.11. The summed E-state index contributed by atoms with van der Waals surface area (Å²) in [5.41, 5.74) is 5.23. The number of nitrogens with one attached hydrogen (secondary N) is 3. The second kappa shape index (κ2) is 9.85. The molecule has 0 saturated heterocycles. The number of hydrogen-bond acceptors (Lipinski definition) is 5. The molecular formula is C25H24ClN5O2. The highest BCUT2D eigenvalue weighted by Gasteiger charge is 2.18. The van der Waals surface area contributed by atoms with Crippen LogP contribution in [0.4, 0.5) is 11.6 Å². The van der Waals surface area contributed by atoms with Gasteiger partial charge in [-0.2, -0.15) is 0 Å². The minimum Gasteiger partial charge on any atom is -0.394 e. The fourth-order valence-corrected chi connectivity index (χ4v) is 3.78. The molecule has 33 heavy (non-hydrogen) atoms. The number of para-hydroxylation sites is 1. The van der Waals surface area contributed by atoms with E-state index in [4.69, 9.17) is 11.6 Å². The zero-order chi connectivity index (χ0) is 23.4. The minimum absolute atomic E-state index is 0.204. The Kier molecular flexibility index (Phi) is 6.72. The number of halogens is 1. The molecule has 168 valence electrons. The maximum absolute atomic E-state index is 12.8. The summed E-state index contributed by atoms with van der Waals surface area (Å²) in [7, 11) is 0. The predicted molar refractivity (Wildman–Crippen MR) is 130 cm³/mol. The van der Waals surface area contributed by atoms with Crippen LogP contribution in [-0.2, 0) is 0 Å². The molecule has 1 amide bonds. The summed E-state index contributed by atoms with van der Waals surface area (Å²) in [4.78, 5) is 24.8. The van der Waals surface area contributed by atoms with E-state index in [9.17, 15) is 9.90 Å². The number of anilines is 2.